The van der Waals surface area contributed by atoms with E-state index >= 15 is 0 Å². The van der Waals surface area contributed by atoms with Crippen molar-refractivity contribution in [2.75, 3.05) is 0 Å². The van der Waals surface area contributed by atoms with Crippen LogP contribution in [0.2, 0.25) is 0 Å². The molecular formula is C24H22N2O. The van der Waals surface area contributed by atoms with Gasteiger partial charge in [0.2, 0.25) is 0 Å². The minimum atomic E-state index is -0.619. The van der Waals surface area contributed by atoms with Gasteiger partial charge in [-0.05, 0) is 23.6 Å². The molecule has 4 rings (SSSR count). The summed E-state index contributed by atoms with van der Waals surface area (Å²) in [6, 6.07) is 31.3. The molecule has 1 N–H and O–H groups in total. The Kier molecular flexibility index (Phi) is 4.61. The minimum Gasteiger partial charge on any atom is -0.387 e. The van der Waals surface area contributed by atoms with Crippen LogP contribution in [0.3, 0.4) is 0 Å². The topological polar surface area (TPSA) is 38.0 Å². The maximum atomic E-state index is 10.0. The molecule has 3 aromatic carbocycles. The molecule has 0 aliphatic carbocycles. The van der Waals surface area contributed by atoms with Gasteiger partial charge >= 0.3 is 0 Å². The molecule has 1 atom stereocenters. The van der Waals surface area contributed by atoms with Gasteiger partial charge in [0, 0.05) is 6.20 Å². The fraction of sp³-hybridized carbons (Fsp3) is 0.125. The van der Waals surface area contributed by atoms with Gasteiger partial charge in [0.1, 0.15) is 5.54 Å². The smallest absolute Gasteiger partial charge is 0.121 e. The van der Waals surface area contributed by atoms with Crippen molar-refractivity contribution in [2.45, 2.75) is 18.6 Å². The van der Waals surface area contributed by atoms with Crippen molar-refractivity contribution in [2.24, 2.45) is 0 Å². The average molecular weight is 354 g/mol. The number of nitrogens with zero attached hydrogens (tertiary/aromatic N) is 2. The molecule has 0 spiro atoms. The molecule has 0 saturated heterocycles. The lowest BCUT2D eigenvalue weighted by molar-refractivity contribution is 0.194. The van der Waals surface area contributed by atoms with Crippen LogP contribution < -0.4 is 0 Å². The zero-order valence-electron chi connectivity index (χ0n) is 15.2. The second-order valence-corrected chi connectivity index (χ2v) is 6.69. The summed E-state index contributed by atoms with van der Waals surface area (Å²) in [4.78, 5) is 4.47. The number of hydrogen-bond donors (Lipinski definition) is 1. The van der Waals surface area contributed by atoms with E-state index in [-0.39, 0.29) is 0 Å². The first-order chi connectivity index (χ1) is 13.2. The Labute approximate surface area is 159 Å². The van der Waals surface area contributed by atoms with E-state index in [0.717, 1.165) is 16.7 Å². The van der Waals surface area contributed by atoms with Crippen LogP contribution in [0.1, 0.15) is 35.4 Å². The molecule has 0 unspecified atom stereocenters. The third-order valence-corrected chi connectivity index (χ3v) is 4.99. The van der Waals surface area contributed by atoms with Crippen molar-refractivity contribution in [3.05, 3.63) is 126 Å². The van der Waals surface area contributed by atoms with Crippen molar-refractivity contribution >= 4 is 0 Å². The van der Waals surface area contributed by atoms with Gasteiger partial charge in [-0.1, -0.05) is 91.0 Å². The molecule has 3 heteroatoms. The summed E-state index contributed by atoms with van der Waals surface area (Å²) in [7, 11) is 0. The monoisotopic (exact) mass is 354 g/mol. The number of rotatable bonds is 5. The molecule has 3 nitrogen and oxygen atoms in total. The second-order valence-electron chi connectivity index (χ2n) is 6.69. The quantitative estimate of drug-likeness (QED) is 0.524. The van der Waals surface area contributed by atoms with E-state index in [1.54, 1.807) is 6.92 Å². The summed E-state index contributed by atoms with van der Waals surface area (Å²) in [5, 5.41) is 10.0. The maximum absolute atomic E-state index is 10.0. The van der Waals surface area contributed by atoms with Gasteiger partial charge in [-0.2, -0.15) is 0 Å². The van der Waals surface area contributed by atoms with Crippen LogP contribution in [0.5, 0.6) is 0 Å². The Morgan fingerprint density at radius 3 is 1.48 bits per heavy atom. The highest BCUT2D eigenvalue weighted by atomic mass is 16.3. The summed E-state index contributed by atoms with van der Waals surface area (Å²) in [6.45, 7) is 1.74. The van der Waals surface area contributed by atoms with E-state index < -0.39 is 11.6 Å². The zero-order valence-corrected chi connectivity index (χ0v) is 15.2. The van der Waals surface area contributed by atoms with Crippen LogP contribution in [0.15, 0.2) is 104 Å². The third kappa shape index (κ3) is 2.96. The molecule has 1 aromatic heterocycles. The van der Waals surface area contributed by atoms with Gasteiger partial charge in [0.15, 0.2) is 0 Å². The van der Waals surface area contributed by atoms with Crippen LogP contribution in [0.4, 0.5) is 0 Å². The Morgan fingerprint density at radius 2 is 1.15 bits per heavy atom. The summed E-state index contributed by atoms with van der Waals surface area (Å²) >= 11 is 0. The van der Waals surface area contributed by atoms with E-state index in [2.05, 4.69) is 82.3 Å². The molecule has 0 radical (unpaired) electrons. The van der Waals surface area contributed by atoms with Crippen LogP contribution in [0.25, 0.3) is 0 Å². The zero-order chi connectivity index (χ0) is 18.7. The van der Waals surface area contributed by atoms with E-state index in [9.17, 15) is 5.11 Å². The molecule has 0 bridgehead atoms. The van der Waals surface area contributed by atoms with Gasteiger partial charge in [0.25, 0.3) is 0 Å². The summed E-state index contributed by atoms with van der Waals surface area (Å²) in [6.07, 6.45) is 3.14. The largest absolute Gasteiger partial charge is 0.387 e. The Hall–Kier alpha value is -3.17. The molecule has 0 aliphatic heterocycles. The lowest BCUT2D eigenvalue weighted by Gasteiger charge is -2.37. The number of imidazole rings is 1. The first-order valence-corrected chi connectivity index (χ1v) is 9.12. The van der Waals surface area contributed by atoms with Crippen molar-refractivity contribution < 1.29 is 5.11 Å². The standard InChI is InChI=1S/C24H22N2O/c1-19(27)23-17-26(18-25-23)24(20-11-5-2-6-12-20,21-13-7-3-8-14-21)22-15-9-4-10-16-22/h2-19,27H,1H3/t19-/m1/s1. The van der Waals surface area contributed by atoms with Gasteiger partial charge in [-0.3, -0.25) is 0 Å². The highest BCUT2D eigenvalue weighted by Gasteiger charge is 2.38. The fourth-order valence-electron chi connectivity index (χ4n) is 3.72. The van der Waals surface area contributed by atoms with Gasteiger partial charge < -0.3 is 9.67 Å². The second kappa shape index (κ2) is 7.22. The molecule has 0 aliphatic rings. The highest BCUT2D eigenvalue weighted by Crippen LogP contribution is 2.40. The highest BCUT2D eigenvalue weighted by molar-refractivity contribution is 5.50. The summed E-state index contributed by atoms with van der Waals surface area (Å²) in [5.74, 6) is 0. The number of benzene rings is 3. The Bertz CT molecular complexity index is 896. The predicted molar refractivity (Wildman–Crippen MR) is 107 cm³/mol. The first-order valence-electron chi connectivity index (χ1n) is 9.12. The van der Waals surface area contributed by atoms with Crippen LogP contribution >= 0.6 is 0 Å². The van der Waals surface area contributed by atoms with Gasteiger partial charge in [-0.15, -0.1) is 0 Å². The van der Waals surface area contributed by atoms with Gasteiger partial charge in [0.05, 0.1) is 18.1 Å². The molecule has 1 heterocycles. The third-order valence-electron chi connectivity index (χ3n) is 4.99. The normalized spacial score (nSPS) is 12.7. The minimum absolute atomic E-state index is 0.579. The lowest BCUT2D eigenvalue weighted by Crippen LogP contribution is -2.36. The maximum Gasteiger partial charge on any atom is 0.121 e. The van der Waals surface area contributed by atoms with E-state index in [1.807, 2.05) is 30.7 Å². The first kappa shape index (κ1) is 17.3. The Balaban J connectivity index is 2.09. The van der Waals surface area contributed by atoms with Crippen LogP contribution in [0, 0.1) is 0 Å². The molecule has 0 fully saturated rings. The number of hydrogen-bond acceptors (Lipinski definition) is 2. The lowest BCUT2D eigenvalue weighted by atomic mass is 9.77. The predicted octanol–water partition coefficient (Wildman–Crippen LogP) is 4.78. The van der Waals surface area contributed by atoms with Crippen molar-refractivity contribution in [1.29, 1.82) is 0 Å². The molecule has 134 valence electrons. The van der Waals surface area contributed by atoms with E-state index in [4.69, 9.17) is 0 Å². The van der Waals surface area contributed by atoms with Crippen LogP contribution in [-0.4, -0.2) is 14.7 Å². The number of aromatic nitrogens is 2. The number of aliphatic hydroxyl groups excluding tert-OH is 1. The SMILES string of the molecule is C[C@@H](O)c1cn(C(c2ccccc2)(c2ccccc2)c2ccccc2)cn1. The van der Waals surface area contributed by atoms with Crippen molar-refractivity contribution in [1.82, 2.24) is 9.55 Å². The van der Waals surface area contributed by atoms with Crippen molar-refractivity contribution in [3.8, 4) is 0 Å². The number of aliphatic hydroxyl groups is 1. The van der Waals surface area contributed by atoms with Gasteiger partial charge in [-0.25, -0.2) is 4.98 Å². The van der Waals surface area contributed by atoms with E-state index in [1.165, 1.54) is 0 Å². The fourth-order valence-corrected chi connectivity index (χ4v) is 3.72. The molecule has 27 heavy (non-hydrogen) atoms. The van der Waals surface area contributed by atoms with E-state index in [0.29, 0.717) is 5.69 Å². The van der Waals surface area contributed by atoms with Crippen LogP contribution in [-0.2, 0) is 5.54 Å². The molecular weight excluding hydrogens is 332 g/mol. The molecule has 0 saturated carbocycles. The molecule has 4 aromatic rings. The Morgan fingerprint density at radius 1 is 0.741 bits per heavy atom. The summed E-state index contributed by atoms with van der Waals surface area (Å²) < 4.78 is 2.11. The summed E-state index contributed by atoms with van der Waals surface area (Å²) in [5.41, 5.74) is 3.48. The average Bonchev–Trinajstić information content (AvgIpc) is 3.22. The molecule has 0 amide bonds. The van der Waals surface area contributed by atoms with Crippen molar-refractivity contribution in [3.63, 3.8) is 0 Å².